The van der Waals surface area contributed by atoms with E-state index >= 15 is 0 Å². The Morgan fingerprint density at radius 3 is 2.47 bits per heavy atom. The van der Waals surface area contributed by atoms with Crippen LogP contribution in [-0.4, -0.2) is 54.6 Å². The van der Waals surface area contributed by atoms with E-state index in [4.69, 9.17) is 4.74 Å². The summed E-state index contributed by atoms with van der Waals surface area (Å²) in [6, 6.07) is 11.9. The first-order valence-corrected chi connectivity index (χ1v) is 11.1. The van der Waals surface area contributed by atoms with Crippen molar-refractivity contribution >= 4 is 5.91 Å². The molecule has 0 fully saturated rings. The Labute approximate surface area is 206 Å². The fraction of sp³-hybridized carbons (Fsp3) is 0.231. The van der Waals surface area contributed by atoms with Gasteiger partial charge in [0.2, 0.25) is 11.2 Å². The van der Waals surface area contributed by atoms with Gasteiger partial charge in [0.25, 0.3) is 5.91 Å². The SMILES string of the molecule is COC.O=C1c2c(O)c(=O)ccn2N2CN1C/C=C/COc1c(ccc(F)c1F)C2c1ccccc1. The molecule has 36 heavy (non-hydrogen) atoms. The van der Waals surface area contributed by atoms with Crippen molar-refractivity contribution in [2.75, 3.05) is 39.0 Å². The number of halogens is 2. The average Bonchev–Trinajstić information content (AvgIpc) is 2.90. The predicted molar refractivity (Wildman–Crippen MR) is 129 cm³/mol. The van der Waals surface area contributed by atoms with Crippen LogP contribution in [0.25, 0.3) is 0 Å². The molecule has 1 N–H and O–H groups in total. The molecular weight excluding hydrogens is 472 g/mol. The summed E-state index contributed by atoms with van der Waals surface area (Å²) >= 11 is 0. The minimum absolute atomic E-state index is 0.0348. The number of aromatic hydroxyl groups is 1. The molecule has 0 radical (unpaired) electrons. The summed E-state index contributed by atoms with van der Waals surface area (Å²) in [6.07, 6.45) is 4.64. The molecule has 0 saturated carbocycles. The number of aromatic nitrogens is 1. The molecule has 1 unspecified atom stereocenters. The van der Waals surface area contributed by atoms with Crippen molar-refractivity contribution in [3.63, 3.8) is 0 Å². The van der Waals surface area contributed by atoms with Crippen LogP contribution in [-0.2, 0) is 4.74 Å². The van der Waals surface area contributed by atoms with Crippen LogP contribution in [0.5, 0.6) is 11.5 Å². The Kier molecular flexibility index (Phi) is 7.35. The van der Waals surface area contributed by atoms with Crippen LogP contribution >= 0.6 is 0 Å². The topological polar surface area (TPSA) is 84.2 Å². The van der Waals surface area contributed by atoms with E-state index in [0.717, 1.165) is 12.1 Å². The zero-order valence-electron chi connectivity index (χ0n) is 19.7. The molecule has 2 aromatic carbocycles. The highest BCUT2D eigenvalue weighted by atomic mass is 19.2. The van der Waals surface area contributed by atoms with Gasteiger partial charge < -0.3 is 19.5 Å². The molecule has 1 aromatic heterocycles. The molecule has 188 valence electrons. The third kappa shape index (κ3) is 4.55. The van der Waals surface area contributed by atoms with Gasteiger partial charge in [0.1, 0.15) is 19.3 Å². The summed E-state index contributed by atoms with van der Waals surface area (Å²) in [7, 11) is 3.25. The summed E-state index contributed by atoms with van der Waals surface area (Å²) in [4.78, 5) is 26.7. The first kappa shape index (κ1) is 24.9. The zero-order valence-corrected chi connectivity index (χ0v) is 19.7. The van der Waals surface area contributed by atoms with Crippen molar-refractivity contribution in [2.45, 2.75) is 6.04 Å². The number of carbonyl (C=O) groups excluding carboxylic acids is 1. The van der Waals surface area contributed by atoms with E-state index < -0.39 is 34.8 Å². The molecular formula is C26H25F2N3O5. The normalized spacial score (nSPS) is 17.6. The summed E-state index contributed by atoms with van der Waals surface area (Å²) < 4.78 is 40.4. The maximum atomic E-state index is 14.9. The van der Waals surface area contributed by atoms with Crippen LogP contribution in [0.15, 0.2) is 71.7 Å². The van der Waals surface area contributed by atoms with Gasteiger partial charge >= 0.3 is 0 Å². The number of ether oxygens (including phenoxy) is 2. The van der Waals surface area contributed by atoms with Gasteiger partial charge in [-0.15, -0.1) is 0 Å². The number of nitrogens with zero attached hydrogens (tertiary/aromatic N) is 3. The lowest BCUT2D eigenvalue weighted by Gasteiger charge is -2.43. The third-order valence-electron chi connectivity index (χ3n) is 5.74. The molecule has 5 rings (SSSR count). The summed E-state index contributed by atoms with van der Waals surface area (Å²) in [6.45, 7) is 0.180. The number of carbonyl (C=O) groups is 1. The molecule has 8 nitrogen and oxygen atoms in total. The largest absolute Gasteiger partial charge is 0.502 e. The lowest BCUT2D eigenvalue weighted by molar-refractivity contribution is 0.0701. The Bertz CT molecular complexity index is 1340. The van der Waals surface area contributed by atoms with E-state index in [1.54, 1.807) is 43.5 Å². The predicted octanol–water partition coefficient (Wildman–Crippen LogP) is 3.18. The number of methoxy groups -OCH3 is 1. The minimum atomic E-state index is -1.12. The van der Waals surface area contributed by atoms with Gasteiger partial charge in [-0.2, -0.15) is 4.39 Å². The van der Waals surface area contributed by atoms with Gasteiger partial charge in [-0.25, -0.2) is 4.39 Å². The first-order valence-electron chi connectivity index (χ1n) is 11.1. The van der Waals surface area contributed by atoms with E-state index in [2.05, 4.69) is 4.74 Å². The molecule has 0 aliphatic carbocycles. The standard InChI is InChI=1S/C24H19F2N3O4.C2H6O/c25-17-9-8-16-20(15-6-2-1-3-7-15)29-14-27(11-4-5-13-33-23(16)19(17)26)24(32)21-22(31)18(30)10-12-28(21)29;1-3-2/h1-10,12,20,31H,11,13-14H2;1-2H3/b5-4+;. The van der Waals surface area contributed by atoms with E-state index in [1.165, 1.54) is 21.8 Å². The van der Waals surface area contributed by atoms with E-state index in [-0.39, 0.29) is 31.3 Å². The summed E-state index contributed by atoms with van der Waals surface area (Å²) in [5.74, 6) is -3.61. The molecule has 0 saturated heterocycles. The highest BCUT2D eigenvalue weighted by Crippen LogP contribution is 2.38. The molecule has 3 heterocycles. The van der Waals surface area contributed by atoms with Gasteiger partial charge in [-0.3, -0.25) is 19.3 Å². The Hall–Kier alpha value is -4.18. The lowest BCUT2D eigenvalue weighted by atomic mass is 9.96. The fourth-order valence-electron chi connectivity index (χ4n) is 4.19. The number of hydrogen-bond donors (Lipinski definition) is 1. The zero-order chi connectivity index (χ0) is 25.8. The smallest absolute Gasteiger partial charge is 0.278 e. The second kappa shape index (κ2) is 10.6. The third-order valence-corrected chi connectivity index (χ3v) is 5.74. The van der Waals surface area contributed by atoms with Gasteiger partial charge in [0, 0.05) is 38.6 Å². The fourth-order valence-corrected chi connectivity index (χ4v) is 4.19. The number of benzene rings is 2. The van der Waals surface area contributed by atoms with Gasteiger partial charge in [0.15, 0.2) is 23.0 Å². The Morgan fingerprint density at radius 2 is 1.75 bits per heavy atom. The number of amides is 1. The van der Waals surface area contributed by atoms with Crippen molar-refractivity contribution in [3.8, 4) is 11.5 Å². The highest BCUT2D eigenvalue weighted by Gasteiger charge is 2.38. The van der Waals surface area contributed by atoms with Gasteiger partial charge in [-0.1, -0.05) is 36.4 Å². The molecule has 0 spiro atoms. The number of rotatable bonds is 1. The van der Waals surface area contributed by atoms with Crippen molar-refractivity contribution < 1.29 is 28.2 Å². The minimum Gasteiger partial charge on any atom is -0.502 e. The van der Waals surface area contributed by atoms with Gasteiger partial charge in [0.05, 0.1) is 0 Å². The number of fused-ring (bicyclic) bond motifs is 5. The summed E-state index contributed by atoms with van der Waals surface area (Å²) in [5.41, 5.74) is 0.143. The molecule has 1 amide bonds. The van der Waals surface area contributed by atoms with E-state index in [9.17, 15) is 23.5 Å². The van der Waals surface area contributed by atoms with Crippen LogP contribution in [0, 0.1) is 11.6 Å². The molecule has 2 bridgehead atoms. The van der Waals surface area contributed by atoms with Gasteiger partial charge in [-0.05, 0) is 23.8 Å². The van der Waals surface area contributed by atoms with Crippen LogP contribution < -0.4 is 15.2 Å². The molecule has 1 atom stereocenters. The van der Waals surface area contributed by atoms with Crippen molar-refractivity contribution in [1.82, 2.24) is 9.58 Å². The van der Waals surface area contributed by atoms with Crippen LogP contribution in [0.2, 0.25) is 0 Å². The molecule has 3 aromatic rings. The van der Waals surface area contributed by atoms with Crippen molar-refractivity contribution in [3.05, 3.63) is 106 Å². The monoisotopic (exact) mass is 497 g/mol. The maximum Gasteiger partial charge on any atom is 0.278 e. The molecule has 2 aliphatic rings. The average molecular weight is 497 g/mol. The van der Waals surface area contributed by atoms with E-state index in [0.29, 0.717) is 11.1 Å². The quantitative estimate of drug-likeness (QED) is 0.520. The van der Waals surface area contributed by atoms with Crippen LogP contribution in [0.3, 0.4) is 0 Å². The van der Waals surface area contributed by atoms with Crippen LogP contribution in [0.4, 0.5) is 8.78 Å². The summed E-state index contributed by atoms with van der Waals surface area (Å²) in [5, 5.41) is 12.2. The highest BCUT2D eigenvalue weighted by molar-refractivity contribution is 5.96. The van der Waals surface area contributed by atoms with E-state index in [1.807, 2.05) is 18.2 Å². The number of pyridine rings is 1. The Morgan fingerprint density at radius 1 is 1.03 bits per heavy atom. The second-order valence-electron chi connectivity index (χ2n) is 8.11. The first-order chi connectivity index (χ1) is 17.4. The van der Waals surface area contributed by atoms with Crippen molar-refractivity contribution in [1.29, 1.82) is 0 Å². The molecule has 2 aliphatic heterocycles. The molecule has 10 heteroatoms. The number of hydrogen-bond acceptors (Lipinski definition) is 6. The second-order valence-corrected chi connectivity index (χ2v) is 8.11. The van der Waals surface area contributed by atoms with Crippen LogP contribution in [0.1, 0.15) is 27.7 Å². The Balaban J connectivity index is 0.000000967. The maximum absolute atomic E-state index is 14.9. The lowest BCUT2D eigenvalue weighted by Crippen LogP contribution is -2.55. The van der Waals surface area contributed by atoms with Crippen molar-refractivity contribution in [2.24, 2.45) is 0 Å².